The molecule has 9 heteroatoms. The minimum Gasteiger partial charge on any atom is -0.480 e. The molecule has 0 amide bonds. The van der Waals surface area contributed by atoms with E-state index in [9.17, 15) is 14.4 Å². The molecule has 0 aromatic carbocycles. The quantitative estimate of drug-likeness (QED) is 0.345. The summed E-state index contributed by atoms with van der Waals surface area (Å²) >= 11 is 1.35. The van der Waals surface area contributed by atoms with Crippen LogP contribution in [0.25, 0.3) is 0 Å². The zero-order valence-corrected chi connectivity index (χ0v) is 13.1. The second kappa shape index (κ2) is 7.41. The third-order valence-electron chi connectivity index (χ3n) is 3.27. The van der Waals surface area contributed by atoms with E-state index in [1.165, 1.54) is 16.4 Å². The predicted octanol–water partition coefficient (Wildman–Crippen LogP) is -0.206. The number of hydrogen-bond donors (Lipinski definition) is 3. The Morgan fingerprint density at radius 3 is 2.71 bits per heavy atom. The highest BCUT2D eigenvalue weighted by atomic mass is 32.2. The Kier molecular flexibility index (Phi) is 6.16. The summed E-state index contributed by atoms with van der Waals surface area (Å²) in [6.45, 7) is 1.65. The minimum absolute atomic E-state index is 0.439. The van der Waals surface area contributed by atoms with E-state index in [0.717, 1.165) is 12.8 Å². The van der Waals surface area contributed by atoms with Gasteiger partial charge in [0, 0.05) is 12.8 Å². The van der Waals surface area contributed by atoms with Crippen molar-refractivity contribution in [3.05, 3.63) is 20.7 Å². The summed E-state index contributed by atoms with van der Waals surface area (Å²) in [6, 6.07) is 0. The largest absolute Gasteiger partial charge is 0.480 e. The summed E-state index contributed by atoms with van der Waals surface area (Å²) < 4.78 is 1.41. The van der Waals surface area contributed by atoms with Gasteiger partial charge in [0.25, 0.3) is 0 Å². The fourth-order valence-corrected chi connectivity index (χ4v) is 2.59. The van der Waals surface area contributed by atoms with Gasteiger partial charge in [-0.3, -0.25) is 24.2 Å². The van der Waals surface area contributed by atoms with Gasteiger partial charge in [-0.05, 0) is 26.8 Å². The first-order chi connectivity index (χ1) is 9.80. The van der Waals surface area contributed by atoms with Crippen LogP contribution < -0.4 is 16.4 Å². The Balaban J connectivity index is 2.45. The van der Waals surface area contributed by atoms with E-state index >= 15 is 0 Å². The number of carboxylic acid groups (broad SMARTS) is 1. The molecule has 1 aromatic rings. The van der Waals surface area contributed by atoms with Crippen LogP contribution in [0, 0.1) is 0 Å². The van der Waals surface area contributed by atoms with E-state index in [-0.39, 0.29) is 0 Å². The van der Waals surface area contributed by atoms with Gasteiger partial charge < -0.3 is 10.4 Å². The number of aromatic nitrogens is 3. The number of nitrogens with zero attached hydrogens (tertiary/aromatic N) is 2. The predicted molar refractivity (Wildman–Crippen MR) is 79.8 cm³/mol. The van der Waals surface area contributed by atoms with Gasteiger partial charge in [-0.1, -0.05) is 18.2 Å². The first-order valence-electron chi connectivity index (χ1n) is 6.52. The second-order valence-corrected chi connectivity index (χ2v) is 5.95. The molecule has 1 aromatic heterocycles. The van der Waals surface area contributed by atoms with Crippen LogP contribution >= 0.6 is 11.8 Å². The van der Waals surface area contributed by atoms with Crippen molar-refractivity contribution in [2.45, 2.75) is 36.9 Å². The van der Waals surface area contributed by atoms with Crippen molar-refractivity contribution >= 4 is 17.7 Å². The third-order valence-corrected chi connectivity index (χ3v) is 4.39. The number of aromatic amines is 1. The van der Waals surface area contributed by atoms with Crippen LogP contribution in [0.2, 0.25) is 0 Å². The number of H-pyrrole nitrogens is 1. The third kappa shape index (κ3) is 4.71. The molecule has 0 fully saturated rings. The molecule has 0 saturated carbocycles. The van der Waals surface area contributed by atoms with Crippen LogP contribution in [0.3, 0.4) is 0 Å². The standard InChI is InChI=1S/C12H20N4O4S/c1-12(13-2,10(19)20)6-4-5-7-21-11-14-8(17)9(18)15-16(11)3/h13H,4-7H2,1-3H3,(H,15,18)(H,19,20). The lowest BCUT2D eigenvalue weighted by molar-refractivity contribution is -0.144. The van der Waals surface area contributed by atoms with Crippen molar-refractivity contribution in [1.82, 2.24) is 20.1 Å². The fraction of sp³-hybridized carbons (Fsp3) is 0.667. The number of likely N-dealkylation sites (N-methyl/N-ethyl adjacent to an activating group) is 1. The normalized spacial score (nSPS) is 13.9. The number of thioether (sulfide) groups is 1. The maximum absolute atomic E-state index is 11.2. The first kappa shape index (κ1) is 17.4. The van der Waals surface area contributed by atoms with Crippen molar-refractivity contribution < 1.29 is 9.90 Å². The van der Waals surface area contributed by atoms with Crippen LogP contribution in [0.1, 0.15) is 26.2 Å². The first-order valence-corrected chi connectivity index (χ1v) is 7.51. The SMILES string of the molecule is CNC(C)(CCCCSc1nc(=O)c(=O)[nH]n1C)C(=O)O. The molecule has 0 saturated heterocycles. The smallest absolute Gasteiger partial charge is 0.339 e. The van der Waals surface area contributed by atoms with E-state index in [1.54, 1.807) is 21.0 Å². The lowest BCUT2D eigenvalue weighted by Gasteiger charge is -2.23. The lowest BCUT2D eigenvalue weighted by Crippen LogP contribution is -2.47. The highest BCUT2D eigenvalue weighted by Gasteiger charge is 2.29. The van der Waals surface area contributed by atoms with E-state index in [0.29, 0.717) is 17.3 Å². The van der Waals surface area contributed by atoms with Gasteiger partial charge in [0.05, 0.1) is 0 Å². The number of carboxylic acids is 1. The minimum atomic E-state index is -0.923. The molecule has 1 atom stereocenters. The van der Waals surface area contributed by atoms with Gasteiger partial charge in [0.2, 0.25) is 0 Å². The number of hydrogen-bond acceptors (Lipinski definition) is 6. The van der Waals surface area contributed by atoms with E-state index in [4.69, 9.17) is 5.11 Å². The molecule has 1 heterocycles. The molecule has 0 aliphatic heterocycles. The maximum Gasteiger partial charge on any atom is 0.339 e. The molecular weight excluding hydrogens is 296 g/mol. The lowest BCUT2D eigenvalue weighted by atomic mass is 9.95. The Bertz CT molecular complexity index is 612. The number of aryl methyl sites for hydroxylation is 1. The Labute approximate surface area is 126 Å². The van der Waals surface area contributed by atoms with Crippen LogP contribution in [0.4, 0.5) is 0 Å². The zero-order valence-electron chi connectivity index (χ0n) is 12.3. The topological polar surface area (TPSA) is 117 Å². The van der Waals surface area contributed by atoms with Gasteiger partial charge in [-0.25, -0.2) is 0 Å². The number of rotatable bonds is 8. The number of unbranched alkanes of at least 4 members (excludes halogenated alkanes) is 1. The molecule has 8 nitrogen and oxygen atoms in total. The van der Waals surface area contributed by atoms with E-state index in [1.807, 2.05) is 0 Å². The molecule has 3 N–H and O–H groups in total. The second-order valence-electron chi connectivity index (χ2n) is 4.89. The van der Waals surface area contributed by atoms with E-state index in [2.05, 4.69) is 15.4 Å². The maximum atomic E-state index is 11.2. The van der Waals surface area contributed by atoms with Crippen LogP contribution in [-0.4, -0.2) is 44.2 Å². The summed E-state index contributed by atoms with van der Waals surface area (Å²) in [5.41, 5.74) is -2.47. The molecular formula is C12H20N4O4S. The summed E-state index contributed by atoms with van der Waals surface area (Å²) in [7, 11) is 3.24. The van der Waals surface area contributed by atoms with Crippen LogP contribution in [0.15, 0.2) is 14.7 Å². The Morgan fingerprint density at radius 1 is 1.48 bits per heavy atom. The summed E-state index contributed by atoms with van der Waals surface area (Å²) in [5, 5.41) is 14.7. The van der Waals surface area contributed by atoms with Gasteiger partial charge in [0.1, 0.15) is 5.54 Å². The van der Waals surface area contributed by atoms with Crippen molar-refractivity contribution in [3.8, 4) is 0 Å². The molecule has 21 heavy (non-hydrogen) atoms. The fourth-order valence-electron chi connectivity index (χ4n) is 1.67. The van der Waals surface area contributed by atoms with Gasteiger partial charge in [-0.15, -0.1) is 0 Å². The summed E-state index contributed by atoms with van der Waals surface area (Å²) in [5.74, 6) is -0.187. The average Bonchev–Trinajstić information content (AvgIpc) is 2.43. The number of nitrogens with one attached hydrogen (secondary N) is 2. The van der Waals surface area contributed by atoms with Crippen molar-refractivity contribution in [2.75, 3.05) is 12.8 Å². The highest BCUT2D eigenvalue weighted by Crippen LogP contribution is 2.18. The molecule has 1 rings (SSSR count). The van der Waals surface area contributed by atoms with Gasteiger partial charge in [0.15, 0.2) is 5.16 Å². The molecule has 0 aliphatic rings. The van der Waals surface area contributed by atoms with Crippen molar-refractivity contribution in [3.63, 3.8) is 0 Å². The molecule has 0 radical (unpaired) electrons. The molecule has 0 aliphatic carbocycles. The number of aliphatic carboxylic acids is 1. The molecule has 1 unspecified atom stereocenters. The van der Waals surface area contributed by atoms with Gasteiger partial charge in [-0.2, -0.15) is 4.98 Å². The van der Waals surface area contributed by atoms with E-state index < -0.39 is 22.6 Å². The molecule has 118 valence electrons. The highest BCUT2D eigenvalue weighted by molar-refractivity contribution is 7.99. The van der Waals surface area contributed by atoms with Gasteiger partial charge >= 0.3 is 17.1 Å². The molecule has 0 spiro atoms. The van der Waals surface area contributed by atoms with Crippen molar-refractivity contribution in [1.29, 1.82) is 0 Å². The Hall–Kier alpha value is -1.61. The van der Waals surface area contributed by atoms with Crippen molar-refractivity contribution in [2.24, 2.45) is 7.05 Å². The average molecular weight is 316 g/mol. The Morgan fingerprint density at radius 2 is 2.14 bits per heavy atom. The van der Waals surface area contributed by atoms with Crippen LogP contribution in [0.5, 0.6) is 0 Å². The zero-order chi connectivity index (χ0) is 16.0. The van der Waals surface area contributed by atoms with Crippen LogP contribution in [-0.2, 0) is 11.8 Å². The summed E-state index contributed by atoms with van der Waals surface area (Å²) in [4.78, 5) is 37.0. The molecule has 0 bridgehead atoms. The monoisotopic (exact) mass is 316 g/mol. The summed E-state index contributed by atoms with van der Waals surface area (Å²) in [6.07, 6.45) is 2.02. The number of carbonyl (C=O) groups is 1.